The predicted octanol–water partition coefficient (Wildman–Crippen LogP) is 4.26. The maximum Gasteiger partial charge on any atom is 0.158 e. The molecule has 0 aromatic carbocycles. The van der Waals surface area contributed by atoms with Crippen LogP contribution in [0.25, 0.3) is 11.2 Å². The molecule has 2 aromatic heterocycles. The van der Waals surface area contributed by atoms with Crippen molar-refractivity contribution in [2.75, 3.05) is 20.3 Å². The van der Waals surface area contributed by atoms with Crippen molar-refractivity contribution < 1.29 is 9.84 Å². The number of aliphatic hydroxyl groups is 1. The zero-order valence-corrected chi connectivity index (χ0v) is 19.7. The molecule has 1 saturated carbocycles. The van der Waals surface area contributed by atoms with E-state index < -0.39 is 0 Å². The Labute approximate surface area is 186 Å². The van der Waals surface area contributed by atoms with Crippen LogP contribution in [-0.4, -0.2) is 46.0 Å². The van der Waals surface area contributed by atoms with Gasteiger partial charge in [0.15, 0.2) is 5.65 Å². The quantitative estimate of drug-likeness (QED) is 0.584. The fourth-order valence-electron chi connectivity index (χ4n) is 5.46. The molecule has 1 aliphatic carbocycles. The van der Waals surface area contributed by atoms with Crippen molar-refractivity contribution in [3.8, 4) is 0 Å². The van der Waals surface area contributed by atoms with E-state index in [0.717, 1.165) is 48.6 Å². The Kier molecular flexibility index (Phi) is 6.99. The molecular formula is C25H40N4O2. The van der Waals surface area contributed by atoms with Crippen molar-refractivity contribution in [2.45, 2.75) is 82.7 Å². The lowest BCUT2D eigenvalue weighted by atomic mass is 9.84. The molecule has 4 rings (SSSR count). The fraction of sp³-hybridized carbons (Fsp3) is 0.760. The van der Waals surface area contributed by atoms with Crippen molar-refractivity contribution in [3.05, 3.63) is 23.7 Å². The standard InChI is InChI=1S/C25H40N4O2/c1-25(2,11-6-12-31-4)23-14-20-24(29(23)3)28-21(15-26-20)19-8-5-7-18(13-17-9-10-17)22(16-30)27-19/h14-15,17-19,22,27,30H,5-13,16H2,1-4H3/t18-,19-,22-/m0/s1. The molecule has 31 heavy (non-hydrogen) atoms. The topological polar surface area (TPSA) is 72.2 Å². The Balaban J connectivity index is 1.55. The van der Waals surface area contributed by atoms with Gasteiger partial charge in [-0.1, -0.05) is 33.1 Å². The molecule has 1 saturated heterocycles. The minimum atomic E-state index is 0.0361. The van der Waals surface area contributed by atoms with Crippen LogP contribution < -0.4 is 5.32 Å². The van der Waals surface area contributed by atoms with Crippen LogP contribution in [0.2, 0.25) is 0 Å². The van der Waals surface area contributed by atoms with Crippen LogP contribution in [0.4, 0.5) is 0 Å². The van der Waals surface area contributed by atoms with Crippen molar-refractivity contribution in [1.82, 2.24) is 19.9 Å². The maximum absolute atomic E-state index is 10.1. The van der Waals surface area contributed by atoms with Crippen LogP contribution in [-0.2, 0) is 17.2 Å². The lowest BCUT2D eigenvalue weighted by molar-refractivity contribution is 0.183. The molecule has 6 heteroatoms. The van der Waals surface area contributed by atoms with Gasteiger partial charge in [-0.3, -0.25) is 4.98 Å². The summed E-state index contributed by atoms with van der Waals surface area (Å²) in [5.41, 5.74) is 4.22. The number of aliphatic hydroxyl groups excluding tert-OH is 1. The first kappa shape index (κ1) is 22.7. The number of aromatic nitrogens is 3. The second-order valence-corrected chi connectivity index (χ2v) is 10.5. The average molecular weight is 429 g/mol. The van der Waals surface area contributed by atoms with Gasteiger partial charge in [-0.05, 0) is 50.0 Å². The summed E-state index contributed by atoms with van der Waals surface area (Å²) in [6.45, 7) is 5.57. The monoisotopic (exact) mass is 428 g/mol. The van der Waals surface area contributed by atoms with Gasteiger partial charge in [0.05, 0.1) is 24.5 Å². The fourth-order valence-corrected chi connectivity index (χ4v) is 5.46. The number of rotatable bonds is 9. The summed E-state index contributed by atoms with van der Waals surface area (Å²) in [5, 5.41) is 13.8. The third-order valence-corrected chi connectivity index (χ3v) is 7.53. The van der Waals surface area contributed by atoms with Gasteiger partial charge in [-0.15, -0.1) is 0 Å². The maximum atomic E-state index is 10.1. The van der Waals surface area contributed by atoms with E-state index in [1.165, 1.54) is 37.8 Å². The highest BCUT2D eigenvalue weighted by molar-refractivity contribution is 5.73. The van der Waals surface area contributed by atoms with Crippen LogP contribution in [0.5, 0.6) is 0 Å². The lowest BCUT2D eigenvalue weighted by Crippen LogP contribution is -2.40. The first-order chi connectivity index (χ1) is 14.9. The molecule has 2 N–H and O–H groups in total. The summed E-state index contributed by atoms with van der Waals surface area (Å²) in [5.74, 6) is 1.47. The molecule has 2 aliphatic rings. The number of ether oxygens (including phenoxy) is 1. The zero-order valence-electron chi connectivity index (χ0n) is 19.7. The van der Waals surface area contributed by atoms with Gasteiger partial charge in [0, 0.05) is 37.9 Å². The molecule has 2 aromatic rings. The zero-order chi connectivity index (χ0) is 22.0. The Bertz CT molecular complexity index is 874. The second-order valence-electron chi connectivity index (χ2n) is 10.5. The number of hydrogen-bond acceptors (Lipinski definition) is 5. The first-order valence-electron chi connectivity index (χ1n) is 12.1. The SMILES string of the molecule is COCCCC(C)(C)c1cc2ncc([C@@H]3CCC[C@@H](CC4CC4)[C@H](CO)N3)nc2n1C. The van der Waals surface area contributed by atoms with Crippen LogP contribution in [0.1, 0.15) is 82.6 Å². The van der Waals surface area contributed by atoms with Crippen LogP contribution >= 0.6 is 0 Å². The number of nitrogens with zero attached hydrogens (tertiary/aromatic N) is 3. The first-order valence-corrected chi connectivity index (χ1v) is 12.1. The minimum absolute atomic E-state index is 0.0361. The van der Waals surface area contributed by atoms with Crippen LogP contribution in [0.15, 0.2) is 12.3 Å². The van der Waals surface area contributed by atoms with Gasteiger partial charge in [-0.2, -0.15) is 0 Å². The largest absolute Gasteiger partial charge is 0.395 e. The molecule has 0 radical (unpaired) electrons. The van der Waals surface area contributed by atoms with E-state index in [1.54, 1.807) is 7.11 Å². The predicted molar refractivity (Wildman–Crippen MR) is 124 cm³/mol. The summed E-state index contributed by atoms with van der Waals surface area (Å²) in [6.07, 6.45) is 11.5. The number of aryl methyl sites for hydroxylation is 1. The highest BCUT2D eigenvalue weighted by Gasteiger charge is 2.33. The highest BCUT2D eigenvalue weighted by Crippen LogP contribution is 2.40. The molecule has 0 amide bonds. The molecule has 0 unspecified atom stereocenters. The Morgan fingerprint density at radius 2 is 2.06 bits per heavy atom. The van der Waals surface area contributed by atoms with Gasteiger partial charge in [0.2, 0.25) is 0 Å². The normalized spacial score (nSPS) is 25.1. The van der Waals surface area contributed by atoms with Crippen molar-refractivity contribution in [1.29, 1.82) is 0 Å². The summed E-state index contributed by atoms with van der Waals surface area (Å²) < 4.78 is 7.47. The van der Waals surface area contributed by atoms with Gasteiger partial charge < -0.3 is 19.7 Å². The van der Waals surface area contributed by atoms with Gasteiger partial charge in [0.1, 0.15) is 5.52 Å². The number of fused-ring (bicyclic) bond motifs is 1. The van der Waals surface area contributed by atoms with Crippen LogP contribution in [0.3, 0.4) is 0 Å². The average Bonchev–Trinajstić information content (AvgIpc) is 3.54. The molecule has 0 bridgehead atoms. The number of nitrogens with one attached hydrogen (secondary N) is 1. The lowest BCUT2D eigenvalue weighted by Gasteiger charge is -2.27. The Morgan fingerprint density at radius 3 is 2.77 bits per heavy atom. The highest BCUT2D eigenvalue weighted by atomic mass is 16.5. The molecule has 172 valence electrons. The summed E-state index contributed by atoms with van der Waals surface area (Å²) in [7, 11) is 3.87. The van der Waals surface area contributed by atoms with E-state index in [-0.39, 0.29) is 24.1 Å². The smallest absolute Gasteiger partial charge is 0.158 e. The van der Waals surface area contributed by atoms with E-state index in [4.69, 9.17) is 14.7 Å². The summed E-state index contributed by atoms with van der Waals surface area (Å²) in [4.78, 5) is 9.87. The number of methoxy groups -OCH3 is 1. The third-order valence-electron chi connectivity index (χ3n) is 7.53. The Morgan fingerprint density at radius 1 is 1.26 bits per heavy atom. The van der Waals surface area contributed by atoms with E-state index in [2.05, 4.69) is 36.8 Å². The van der Waals surface area contributed by atoms with E-state index in [1.807, 2.05) is 6.20 Å². The van der Waals surface area contributed by atoms with E-state index in [9.17, 15) is 5.11 Å². The van der Waals surface area contributed by atoms with Gasteiger partial charge >= 0.3 is 0 Å². The summed E-state index contributed by atoms with van der Waals surface area (Å²) >= 11 is 0. The second kappa shape index (κ2) is 9.55. The summed E-state index contributed by atoms with van der Waals surface area (Å²) in [6, 6.07) is 2.52. The molecule has 3 heterocycles. The Hall–Kier alpha value is -1.50. The minimum Gasteiger partial charge on any atom is -0.395 e. The molecule has 2 fully saturated rings. The molecule has 6 nitrogen and oxygen atoms in total. The molecule has 1 aliphatic heterocycles. The molecule has 0 spiro atoms. The van der Waals surface area contributed by atoms with E-state index >= 15 is 0 Å². The van der Waals surface area contributed by atoms with Crippen molar-refractivity contribution >= 4 is 11.2 Å². The molecular weight excluding hydrogens is 388 g/mol. The molecule has 3 atom stereocenters. The van der Waals surface area contributed by atoms with Crippen molar-refractivity contribution in [3.63, 3.8) is 0 Å². The number of hydrogen-bond donors (Lipinski definition) is 2. The van der Waals surface area contributed by atoms with Crippen LogP contribution in [0, 0.1) is 11.8 Å². The van der Waals surface area contributed by atoms with E-state index in [0.29, 0.717) is 5.92 Å². The third kappa shape index (κ3) is 5.12. The van der Waals surface area contributed by atoms with Crippen molar-refractivity contribution in [2.24, 2.45) is 18.9 Å². The van der Waals surface area contributed by atoms with Gasteiger partial charge in [0.25, 0.3) is 0 Å². The van der Waals surface area contributed by atoms with Gasteiger partial charge in [-0.25, -0.2) is 4.98 Å².